The summed E-state index contributed by atoms with van der Waals surface area (Å²) < 4.78 is 13.0. The molecular formula is C22H24FN3O2S. The highest BCUT2D eigenvalue weighted by Gasteiger charge is 2.42. The number of halogens is 1. The molecule has 1 aliphatic heterocycles. The van der Waals surface area contributed by atoms with E-state index in [1.165, 1.54) is 29.8 Å². The topological polar surface area (TPSA) is 52.7 Å². The molecule has 3 rings (SSSR count). The summed E-state index contributed by atoms with van der Waals surface area (Å²) in [6.07, 6.45) is 1.69. The molecule has 1 aliphatic rings. The molecule has 2 amide bonds. The zero-order valence-electron chi connectivity index (χ0n) is 16.3. The summed E-state index contributed by atoms with van der Waals surface area (Å²) in [5.74, 6) is -0.822. The first kappa shape index (κ1) is 20.9. The molecule has 0 aliphatic carbocycles. The first-order valence-corrected chi connectivity index (χ1v) is 10.1. The van der Waals surface area contributed by atoms with Crippen molar-refractivity contribution in [2.45, 2.75) is 32.2 Å². The lowest BCUT2D eigenvalue weighted by atomic mass is 10.1. The maximum absolute atomic E-state index is 13.0. The van der Waals surface area contributed by atoms with Crippen LogP contribution in [0.25, 0.3) is 0 Å². The van der Waals surface area contributed by atoms with Gasteiger partial charge in [-0.05, 0) is 61.8 Å². The smallest absolute Gasteiger partial charge is 0.252 e. The molecule has 1 heterocycles. The highest BCUT2D eigenvalue weighted by atomic mass is 32.1. The van der Waals surface area contributed by atoms with Gasteiger partial charge in [0, 0.05) is 18.8 Å². The normalized spacial score (nSPS) is 16.4. The summed E-state index contributed by atoms with van der Waals surface area (Å²) in [6.45, 7) is 2.95. The van der Waals surface area contributed by atoms with Crippen molar-refractivity contribution in [3.8, 4) is 0 Å². The molecule has 1 N–H and O–H groups in total. The Balaban J connectivity index is 1.64. The van der Waals surface area contributed by atoms with Crippen LogP contribution in [-0.4, -0.2) is 45.9 Å². The number of benzene rings is 2. The number of thiocarbonyl (C=S) groups is 1. The van der Waals surface area contributed by atoms with Gasteiger partial charge in [-0.2, -0.15) is 0 Å². The first-order valence-electron chi connectivity index (χ1n) is 9.71. The number of amides is 2. The van der Waals surface area contributed by atoms with Crippen molar-refractivity contribution in [3.63, 3.8) is 0 Å². The van der Waals surface area contributed by atoms with E-state index in [0.717, 1.165) is 12.8 Å². The minimum absolute atomic E-state index is 0.00180. The van der Waals surface area contributed by atoms with Crippen molar-refractivity contribution in [1.29, 1.82) is 0 Å². The minimum atomic E-state index is -0.612. The fraction of sp³-hybridized carbons (Fsp3) is 0.318. The molecule has 1 saturated heterocycles. The number of hydrogen-bond acceptors (Lipinski definition) is 3. The molecule has 5 nitrogen and oxygen atoms in total. The molecule has 2 aromatic rings. The second-order valence-electron chi connectivity index (χ2n) is 6.92. The molecule has 0 spiro atoms. The molecule has 0 unspecified atom stereocenters. The van der Waals surface area contributed by atoms with Crippen molar-refractivity contribution in [3.05, 3.63) is 66.0 Å². The van der Waals surface area contributed by atoms with Gasteiger partial charge in [0.15, 0.2) is 5.11 Å². The number of hydrogen-bond donors (Lipinski definition) is 1. The zero-order chi connectivity index (χ0) is 20.8. The third-order valence-corrected chi connectivity index (χ3v) is 5.39. The Kier molecular flexibility index (Phi) is 6.93. The lowest BCUT2D eigenvalue weighted by molar-refractivity contribution is -0.130. The Morgan fingerprint density at radius 1 is 1.14 bits per heavy atom. The summed E-state index contributed by atoms with van der Waals surface area (Å²) >= 11 is 5.50. The number of nitrogens with one attached hydrogen (secondary N) is 1. The van der Waals surface area contributed by atoms with Gasteiger partial charge in [-0.1, -0.05) is 30.3 Å². The molecule has 0 aromatic heterocycles. The third kappa shape index (κ3) is 5.17. The van der Waals surface area contributed by atoms with Gasteiger partial charge in [-0.3, -0.25) is 14.5 Å². The van der Waals surface area contributed by atoms with Crippen LogP contribution in [0, 0.1) is 5.82 Å². The summed E-state index contributed by atoms with van der Waals surface area (Å²) in [5, 5.41) is 3.20. The monoisotopic (exact) mass is 413 g/mol. The molecule has 7 heteroatoms. The third-order valence-electron chi connectivity index (χ3n) is 4.93. The molecule has 29 heavy (non-hydrogen) atoms. The lowest BCUT2D eigenvalue weighted by Crippen LogP contribution is -2.38. The van der Waals surface area contributed by atoms with Gasteiger partial charge in [-0.25, -0.2) is 4.39 Å². The number of nitrogens with zero attached hydrogens (tertiary/aromatic N) is 2. The van der Waals surface area contributed by atoms with Gasteiger partial charge in [0.1, 0.15) is 11.9 Å². The van der Waals surface area contributed by atoms with Crippen molar-refractivity contribution in [2.75, 3.05) is 18.4 Å². The molecular weight excluding hydrogens is 389 g/mol. The highest BCUT2D eigenvalue weighted by molar-refractivity contribution is 7.80. The number of aryl methyl sites for hydroxylation is 1. The second kappa shape index (κ2) is 9.60. The number of carbonyl (C=O) groups excluding carboxylic acids is 2. The largest absolute Gasteiger partial charge is 0.336 e. The molecule has 0 bridgehead atoms. The first-order chi connectivity index (χ1) is 14.0. The Morgan fingerprint density at radius 3 is 2.48 bits per heavy atom. The van der Waals surface area contributed by atoms with E-state index in [1.54, 1.807) is 4.90 Å². The van der Waals surface area contributed by atoms with Crippen LogP contribution >= 0.6 is 12.2 Å². The molecule has 2 aromatic carbocycles. The summed E-state index contributed by atoms with van der Waals surface area (Å²) in [6, 6.07) is 15.0. The average molecular weight is 414 g/mol. The maximum atomic E-state index is 13.0. The molecule has 0 saturated carbocycles. The average Bonchev–Trinajstić information content (AvgIpc) is 2.94. The minimum Gasteiger partial charge on any atom is -0.336 e. The highest BCUT2D eigenvalue weighted by Crippen LogP contribution is 2.22. The van der Waals surface area contributed by atoms with Crippen LogP contribution in [0.2, 0.25) is 0 Å². The van der Waals surface area contributed by atoms with E-state index in [4.69, 9.17) is 12.2 Å². The SMILES string of the molecule is CCN1C(=O)[C@H](CC(=O)Nc2ccc(F)cc2)N(CCCc2ccccc2)C1=S. The predicted octanol–water partition coefficient (Wildman–Crippen LogP) is 3.60. The Labute approximate surface area is 175 Å². The zero-order valence-corrected chi connectivity index (χ0v) is 17.1. The number of anilines is 1. The van der Waals surface area contributed by atoms with E-state index in [9.17, 15) is 14.0 Å². The van der Waals surface area contributed by atoms with Crippen LogP contribution in [0.3, 0.4) is 0 Å². The van der Waals surface area contributed by atoms with Crippen molar-refractivity contribution < 1.29 is 14.0 Å². The van der Waals surface area contributed by atoms with E-state index >= 15 is 0 Å². The summed E-state index contributed by atoms with van der Waals surface area (Å²) in [5.41, 5.74) is 1.72. The Bertz CT molecular complexity index is 873. The Morgan fingerprint density at radius 2 is 1.83 bits per heavy atom. The second-order valence-corrected chi connectivity index (χ2v) is 7.29. The van der Waals surface area contributed by atoms with Gasteiger partial charge >= 0.3 is 0 Å². The van der Waals surface area contributed by atoms with E-state index in [1.807, 2.05) is 30.0 Å². The van der Waals surface area contributed by atoms with Crippen LogP contribution in [0.1, 0.15) is 25.3 Å². The van der Waals surface area contributed by atoms with E-state index in [0.29, 0.717) is 23.9 Å². The number of likely N-dealkylation sites (N-methyl/N-ethyl adjacent to an activating group) is 1. The molecule has 1 atom stereocenters. The van der Waals surface area contributed by atoms with Crippen LogP contribution < -0.4 is 5.32 Å². The van der Waals surface area contributed by atoms with Gasteiger partial charge in [0.25, 0.3) is 5.91 Å². The number of carbonyl (C=O) groups is 2. The van der Waals surface area contributed by atoms with Crippen LogP contribution in [0.5, 0.6) is 0 Å². The quantitative estimate of drug-likeness (QED) is 0.672. The van der Waals surface area contributed by atoms with Crippen molar-refractivity contribution in [1.82, 2.24) is 9.80 Å². The van der Waals surface area contributed by atoms with Crippen LogP contribution in [0.4, 0.5) is 10.1 Å². The van der Waals surface area contributed by atoms with Crippen molar-refractivity contribution in [2.24, 2.45) is 0 Å². The van der Waals surface area contributed by atoms with Crippen molar-refractivity contribution >= 4 is 34.8 Å². The summed E-state index contributed by atoms with van der Waals surface area (Å²) in [7, 11) is 0. The molecule has 152 valence electrons. The lowest BCUT2D eigenvalue weighted by Gasteiger charge is -2.23. The van der Waals surface area contributed by atoms with E-state index in [-0.39, 0.29) is 24.1 Å². The van der Waals surface area contributed by atoms with Gasteiger partial charge in [0.2, 0.25) is 5.91 Å². The predicted molar refractivity (Wildman–Crippen MR) is 115 cm³/mol. The molecule has 1 fully saturated rings. The van der Waals surface area contributed by atoms with Crippen LogP contribution in [-0.2, 0) is 16.0 Å². The number of rotatable bonds is 8. The van der Waals surface area contributed by atoms with Crippen LogP contribution in [0.15, 0.2) is 54.6 Å². The summed E-state index contributed by atoms with van der Waals surface area (Å²) in [4.78, 5) is 28.7. The van der Waals surface area contributed by atoms with E-state index < -0.39 is 6.04 Å². The van der Waals surface area contributed by atoms with Gasteiger partial charge < -0.3 is 10.2 Å². The Hall–Kier alpha value is -2.80. The van der Waals surface area contributed by atoms with Gasteiger partial charge in [0.05, 0.1) is 6.42 Å². The molecule has 0 radical (unpaired) electrons. The van der Waals surface area contributed by atoms with E-state index in [2.05, 4.69) is 17.4 Å². The maximum Gasteiger partial charge on any atom is 0.252 e. The fourth-order valence-corrected chi connectivity index (χ4v) is 3.89. The standard InChI is InChI=1S/C22H24FN3O2S/c1-2-25-21(28)19(15-20(27)24-18-12-10-17(23)11-13-18)26(22(25)29)14-6-9-16-7-4-3-5-8-16/h3-5,7-8,10-13,19H,2,6,9,14-15H2,1H3,(H,24,27)/t19-/m0/s1. The fourth-order valence-electron chi connectivity index (χ4n) is 3.45. The van der Waals surface area contributed by atoms with Gasteiger partial charge in [-0.15, -0.1) is 0 Å².